The molecular weight excluding hydrogens is 763 g/mol. The normalized spacial score (nSPS) is 18.7. The first-order valence-corrected chi connectivity index (χ1v) is 19.5. The van der Waals surface area contributed by atoms with Gasteiger partial charge in [0.25, 0.3) is 0 Å². The van der Waals surface area contributed by atoms with E-state index in [1.807, 2.05) is 42.5 Å². The Morgan fingerprint density at radius 2 is 1.19 bits per heavy atom. The fourth-order valence-corrected chi connectivity index (χ4v) is 7.71. The number of ether oxygens (including phenoxy) is 4. The number of hydrogen-bond donors (Lipinski definition) is 4. The second-order valence-electron chi connectivity index (χ2n) is 14.6. The number of aromatic amines is 2. The Morgan fingerprint density at radius 1 is 0.712 bits per heavy atom. The number of fused-ring (bicyclic) bond motifs is 1. The molecule has 7 rings (SSSR count). The first-order chi connectivity index (χ1) is 28.5. The van der Waals surface area contributed by atoms with Crippen LogP contribution in [-0.2, 0) is 28.5 Å². The van der Waals surface area contributed by atoms with E-state index in [1.165, 1.54) is 28.4 Å². The van der Waals surface area contributed by atoms with E-state index in [0.717, 1.165) is 47.3 Å². The number of hydrogen-bond acceptors (Lipinski definition) is 12. The van der Waals surface area contributed by atoms with Gasteiger partial charge in [-0.3, -0.25) is 9.59 Å². The molecule has 312 valence electrons. The summed E-state index contributed by atoms with van der Waals surface area (Å²) in [6.45, 7) is 4.48. The summed E-state index contributed by atoms with van der Waals surface area (Å²) >= 11 is 0. The number of amides is 4. The number of aromatic nitrogens is 5. The molecule has 4 N–H and O–H groups in total. The van der Waals surface area contributed by atoms with Crippen molar-refractivity contribution in [2.24, 2.45) is 0 Å². The number of rotatable bonds is 13. The van der Waals surface area contributed by atoms with Crippen molar-refractivity contribution in [2.45, 2.75) is 75.9 Å². The van der Waals surface area contributed by atoms with E-state index in [4.69, 9.17) is 28.3 Å². The molecule has 6 atom stereocenters. The molecule has 0 bridgehead atoms. The van der Waals surface area contributed by atoms with E-state index < -0.39 is 36.5 Å². The number of carbonyl (C=O) groups is 4. The zero-order valence-corrected chi connectivity index (χ0v) is 33.8. The lowest BCUT2D eigenvalue weighted by Crippen LogP contribution is -2.54. The second kappa shape index (κ2) is 17.7. The lowest BCUT2D eigenvalue weighted by Gasteiger charge is -2.30. The molecule has 0 saturated carbocycles. The molecule has 18 heteroatoms. The minimum Gasteiger partial charge on any atom is -0.453 e. The number of H-pyrrole nitrogens is 2. The van der Waals surface area contributed by atoms with Crippen molar-refractivity contribution in [3.8, 4) is 34.0 Å². The maximum Gasteiger partial charge on any atom is 0.407 e. The Hall–Kier alpha value is -6.27. The molecule has 0 spiro atoms. The third-order valence-corrected chi connectivity index (χ3v) is 11.2. The highest BCUT2D eigenvalue weighted by atomic mass is 16.5. The van der Waals surface area contributed by atoms with Crippen LogP contribution in [-0.4, -0.2) is 125 Å². The molecule has 18 nitrogen and oxygen atoms in total. The summed E-state index contributed by atoms with van der Waals surface area (Å²) in [4.78, 5) is 75.7. The number of benzene rings is 2. The lowest BCUT2D eigenvalue weighted by molar-refractivity contribution is -0.138. The summed E-state index contributed by atoms with van der Waals surface area (Å²) < 4.78 is 26.4. The summed E-state index contributed by atoms with van der Waals surface area (Å²) in [6.07, 6.45) is 3.93. The van der Waals surface area contributed by atoms with Gasteiger partial charge in [0.05, 0.1) is 62.3 Å². The Kier molecular flexibility index (Phi) is 12.3. The van der Waals surface area contributed by atoms with Crippen LogP contribution in [0, 0.1) is 0 Å². The summed E-state index contributed by atoms with van der Waals surface area (Å²) in [5.41, 5.74) is 5.35. The van der Waals surface area contributed by atoms with Crippen LogP contribution in [0.25, 0.3) is 45.1 Å². The first-order valence-electron chi connectivity index (χ1n) is 19.5. The van der Waals surface area contributed by atoms with Crippen LogP contribution in [0.1, 0.15) is 63.3 Å². The van der Waals surface area contributed by atoms with Crippen LogP contribution in [0.2, 0.25) is 0 Å². The zero-order chi connectivity index (χ0) is 41.8. The average Bonchev–Trinajstić information content (AvgIpc) is 4.12. The van der Waals surface area contributed by atoms with Crippen molar-refractivity contribution in [3.05, 3.63) is 66.5 Å². The number of likely N-dealkylation sites (tertiary alicyclic amines) is 2. The average molecular weight is 812 g/mol. The molecule has 5 aromatic rings. The van der Waals surface area contributed by atoms with Gasteiger partial charge in [-0.2, -0.15) is 0 Å². The molecule has 0 unspecified atom stereocenters. The largest absolute Gasteiger partial charge is 0.453 e. The number of methoxy groups -OCH3 is 4. The van der Waals surface area contributed by atoms with Gasteiger partial charge in [-0.1, -0.05) is 12.1 Å². The zero-order valence-electron chi connectivity index (χ0n) is 33.8. The third-order valence-electron chi connectivity index (χ3n) is 11.2. The standard InChI is InChI=1S/C41H49N9O9/c1-22(55-3)33(47-40(53)57-5)38(51)49-17-7-9-30(49)35-42-20-28(44-35)24-11-13-25(14-12-24)37-46-27-19-26(15-16-32(27)59-37)29-21-43-36(45-29)31-10-8-18-50(31)39(52)34(23(2)56-4)48-41(54)58-6/h11-16,19-23,30-31,33-34H,7-10,17-18H2,1-6H3,(H,42,44)(H,43,45)(H,47,53)(H,48,54)/t22-,23-,30+,31+,33+,34+/m1/s1. The van der Waals surface area contributed by atoms with Crippen LogP contribution >= 0.6 is 0 Å². The Bertz CT molecular complexity index is 2290. The molecule has 2 fully saturated rings. The van der Waals surface area contributed by atoms with Crippen LogP contribution < -0.4 is 10.6 Å². The molecule has 2 aliphatic heterocycles. The highest BCUT2D eigenvalue weighted by Crippen LogP contribution is 2.35. The molecule has 4 amide bonds. The number of carbonyl (C=O) groups excluding carboxylic acids is 4. The summed E-state index contributed by atoms with van der Waals surface area (Å²) in [5.74, 6) is 1.22. The predicted octanol–water partition coefficient (Wildman–Crippen LogP) is 5.12. The molecule has 0 radical (unpaired) electrons. The van der Waals surface area contributed by atoms with Gasteiger partial charge < -0.3 is 53.8 Å². The van der Waals surface area contributed by atoms with E-state index in [-0.39, 0.29) is 23.9 Å². The van der Waals surface area contributed by atoms with Gasteiger partial charge in [0.2, 0.25) is 17.7 Å². The molecule has 2 aromatic carbocycles. The van der Waals surface area contributed by atoms with E-state index in [1.54, 1.807) is 36.0 Å². The molecule has 0 aliphatic carbocycles. The fraction of sp³-hybridized carbons (Fsp3) is 0.439. The van der Waals surface area contributed by atoms with Crippen LogP contribution in [0.4, 0.5) is 9.59 Å². The van der Waals surface area contributed by atoms with Crippen LogP contribution in [0.15, 0.2) is 59.3 Å². The maximum absolute atomic E-state index is 13.7. The number of nitrogens with zero attached hydrogens (tertiary/aromatic N) is 5. The SMILES string of the molecule is COC(=O)N[C@H](C(=O)N1CCC[C@H]1c1ncc(-c2ccc(-c3nc4cc(-c5cnc([C@@H]6CCCN6C(=O)[C@@H](NC(=O)OC)[C@@H](C)OC)[nH]5)ccc4o3)cc2)[nH]1)[C@@H](C)OC. The highest BCUT2D eigenvalue weighted by molar-refractivity contribution is 5.88. The summed E-state index contributed by atoms with van der Waals surface area (Å²) in [7, 11) is 5.47. The fourth-order valence-electron chi connectivity index (χ4n) is 7.71. The van der Waals surface area contributed by atoms with Crippen LogP contribution in [0.3, 0.4) is 0 Å². The monoisotopic (exact) mass is 811 g/mol. The van der Waals surface area contributed by atoms with Crippen molar-refractivity contribution in [2.75, 3.05) is 41.5 Å². The van der Waals surface area contributed by atoms with Crippen molar-refractivity contribution >= 4 is 35.1 Å². The molecule has 2 aliphatic rings. The summed E-state index contributed by atoms with van der Waals surface area (Å²) in [6, 6.07) is 11.0. The molecule has 2 saturated heterocycles. The summed E-state index contributed by atoms with van der Waals surface area (Å²) in [5, 5.41) is 5.22. The number of nitrogens with one attached hydrogen (secondary N) is 4. The van der Waals surface area contributed by atoms with Gasteiger partial charge in [0.1, 0.15) is 29.2 Å². The lowest BCUT2D eigenvalue weighted by atomic mass is 10.1. The van der Waals surface area contributed by atoms with Gasteiger partial charge >= 0.3 is 12.2 Å². The maximum atomic E-state index is 13.7. The molecule has 5 heterocycles. The van der Waals surface area contributed by atoms with Crippen molar-refractivity contribution in [3.63, 3.8) is 0 Å². The third kappa shape index (κ3) is 8.49. The molecular formula is C41H49N9O9. The van der Waals surface area contributed by atoms with Gasteiger partial charge in [-0.25, -0.2) is 24.5 Å². The number of oxazole rings is 1. The van der Waals surface area contributed by atoms with E-state index in [9.17, 15) is 19.2 Å². The predicted molar refractivity (Wildman–Crippen MR) is 214 cm³/mol. The highest BCUT2D eigenvalue weighted by Gasteiger charge is 2.40. The minimum atomic E-state index is -0.920. The minimum absolute atomic E-state index is 0.266. The quantitative estimate of drug-likeness (QED) is 0.122. The first kappa shape index (κ1) is 40.9. The van der Waals surface area contributed by atoms with Gasteiger partial charge in [0, 0.05) is 38.4 Å². The van der Waals surface area contributed by atoms with E-state index in [2.05, 4.69) is 30.6 Å². The van der Waals surface area contributed by atoms with Gasteiger partial charge in [0.15, 0.2) is 5.58 Å². The Morgan fingerprint density at radius 3 is 1.68 bits per heavy atom. The molecule has 3 aromatic heterocycles. The van der Waals surface area contributed by atoms with E-state index in [0.29, 0.717) is 48.1 Å². The van der Waals surface area contributed by atoms with E-state index >= 15 is 0 Å². The smallest absolute Gasteiger partial charge is 0.407 e. The molecule has 59 heavy (non-hydrogen) atoms. The second-order valence-corrected chi connectivity index (χ2v) is 14.6. The van der Waals surface area contributed by atoms with Crippen molar-refractivity contribution in [1.29, 1.82) is 0 Å². The number of imidazole rings is 2. The Balaban J connectivity index is 1.03. The Labute approximate surface area is 340 Å². The van der Waals surface area contributed by atoms with Gasteiger partial charge in [-0.15, -0.1) is 0 Å². The van der Waals surface area contributed by atoms with Crippen molar-refractivity contribution < 1.29 is 42.5 Å². The van der Waals surface area contributed by atoms with Gasteiger partial charge in [-0.05, 0) is 75.4 Å². The van der Waals surface area contributed by atoms with Crippen LogP contribution in [0.5, 0.6) is 0 Å². The topological polar surface area (TPSA) is 219 Å². The van der Waals surface area contributed by atoms with Crippen molar-refractivity contribution in [1.82, 2.24) is 45.4 Å². The number of alkyl carbamates (subject to hydrolysis) is 2.